The summed E-state index contributed by atoms with van der Waals surface area (Å²) >= 11 is 0. The van der Waals surface area contributed by atoms with Gasteiger partial charge in [0.15, 0.2) is 6.10 Å². The molecule has 1 unspecified atom stereocenters. The molecule has 0 heterocycles. The predicted octanol–water partition coefficient (Wildman–Crippen LogP) is 24.6. The molecule has 0 rings (SSSR count). The second-order valence-electron chi connectivity index (χ2n) is 24.5. The fraction of sp³-hybridized carbons (Fsp3) is 0.904. The molecule has 1 atom stereocenters. The monoisotopic (exact) mass is 1110 g/mol. The van der Waals surface area contributed by atoms with Crippen molar-refractivity contribution in [1.82, 2.24) is 0 Å². The number of hydrogen-bond acceptors (Lipinski definition) is 6. The minimum atomic E-state index is -0.766. The van der Waals surface area contributed by atoms with E-state index in [4.69, 9.17) is 14.2 Å². The van der Waals surface area contributed by atoms with E-state index in [2.05, 4.69) is 45.1 Å². The number of esters is 3. The highest BCUT2D eigenvalue weighted by Gasteiger charge is 2.19. The standard InChI is InChI=1S/C73H138O6/c1-4-7-10-13-16-18-20-22-24-26-28-30-32-34-35-36-37-39-40-42-44-46-48-50-52-54-57-60-63-66-72(75)78-69-70(68-77-71(74)65-62-59-56-15-12-9-6-3)79-73(76)67-64-61-58-55-53-51-49-47-45-43-41-38-33-31-29-27-25-23-21-19-17-14-11-8-5-2/h26-29,70H,4-25,30-69H2,1-3H3/b28-26-,29-27-. The van der Waals surface area contributed by atoms with Crippen LogP contribution in [0.3, 0.4) is 0 Å². The molecular formula is C73H138O6. The molecule has 0 aromatic heterocycles. The Balaban J connectivity index is 4.00. The third kappa shape index (κ3) is 66.6. The first-order valence-corrected chi connectivity index (χ1v) is 35.8. The van der Waals surface area contributed by atoms with Crippen molar-refractivity contribution >= 4 is 17.9 Å². The lowest BCUT2D eigenvalue weighted by atomic mass is 10.0. The molecule has 0 N–H and O–H groups in total. The zero-order valence-corrected chi connectivity index (χ0v) is 53.7. The first-order valence-electron chi connectivity index (χ1n) is 35.8. The van der Waals surface area contributed by atoms with Crippen LogP contribution >= 0.6 is 0 Å². The Kier molecular flexibility index (Phi) is 66.6. The van der Waals surface area contributed by atoms with Crippen molar-refractivity contribution in [2.45, 2.75) is 412 Å². The fourth-order valence-corrected chi connectivity index (χ4v) is 11.0. The van der Waals surface area contributed by atoms with E-state index in [0.29, 0.717) is 19.3 Å². The summed E-state index contributed by atoms with van der Waals surface area (Å²) in [5.41, 5.74) is 0. The van der Waals surface area contributed by atoms with Gasteiger partial charge in [0, 0.05) is 19.3 Å². The lowest BCUT2D eigenvalue weighted by Gasteiger charge is -2.18. The molecule has 0 aromatic carbocycles. The summed E-state index contributed by atoms with van der Waals surface area (Å²) < 4.78 is 16.9. The first kappa shape index (κ1) is 76.9. The summed E-state index contributed by atoms with van der Waals surface area (Å²) in [6.07, 6.45) is 83.9. The van der Waals surface area contributed by atoms with Crippen molar-refractivity contribution in [3.63, 3.8) is 0 Å². The maximum Gasteiger partial charge on any atom is 0.306 e. The van der Waals surface area contributed by atoms with E-state index in [-0.39, 0.29) is 31.1 Å². The van der Waals surface area contributed by atoms with Crippen LogP contribution in [0, 0.1) is 0 Å². The van der Waals surface area contributed by atoms with Crippen LogP contribution < -0.4 is 0 Å². The molecule has 6 nitrogen and oxygen atoms in total. The van der Waals surface area contributed by atoms with Crippen LogP contribution in [0.25, 0.3) is 0 Å². The van der Waals surface area contributed by atoms with Gasteiger partial charge in [-0.1, -0.05) is 340 Å². The molecule has 0 fully saturated rings. The average molecular weight is 1110 g/mol. The van der Waals surface area contributed by atoms with Gasteiger partial charge in [-0.15, -0.1) is 0 Å². The Morgan fingerprint density at radius 3 is 0.633 bits per heavy atom. The molecule has 0 aliphatic heterocycles. The second kappa shape index (κ2) is 68.4. The quantitative estimate of drug-likeness (QED) is 0.0261. The van der Waals surface area contributed by atoms with Crippen molar-refractivity contribution in [3.8, 4) is 0 Å². The van der Waals surface area contributed by atoms with E-state index in [0.717, 1.165) is 57.8 Å². The van der Waals surface area contributed by atoms with Gasteiger partial charge in [0.05, 0.1) is 0 Å². The highest BCUT2D eigenvalue weighted by atomic mass is 16.6. The molecule has 0 saturated carbocycles. The van der Waals surface area contributed by atoms with Gasteiger partial charge >= 0.3 is 17.9 Å². The highest BCUT2D eigenvalue weighted by molar-refractivity contribution is 5.71. The van der Waals surface area contributed by atoms with Gasteiger partial charge in [-0.25, -0.2) is 0 Å². The summed E-state index contributed by atoms with van der Waals surface area (Å²) in [4.78, 5) is 38.2. The van der Waals surface area contributed by atoms with E-state index in [1.54, 1.807) is 0 Å². The molecule has 0 bridgehead atoms. The molecular weight excluding hydrogens is 973 g/mol. The number of hydrogen-bond donors (Lipinski definition) is 0. The molecule has 0 aromatic rings. The third-order valence-electron chi connectivity index (χ3n) is 16.4. The van der Waals surface area contributed by atoms with E-state index in [9.17, 15) is 14.4 Å². The maximum absolute atomic E-state index is 12.9. The molecule has 466 valence electrons. The second-order valence-corrected chi connectivity index (χ2v) is 24.5. The Bertz CT molecular complexity index is 1270. The van der Waals surface area contributed by atoms with Crippen LogP contribution in [0.5, 0.6) is 0 Å². The van der Waals surface area contributed by atoms with Crippen molar-refractivity contribution in [2.75, 3.05) is 13.2 Å². The molecule has 6 heteroatoms. The molecule has 0 spiro atoms. The number of carbonyl (C=O) groups is 3. The van der Waals surface area contributed by atoms with Crippen molar-refractivity contribution in [3.05, 3.63) is 24.3 Å². The normalized spacial score (nSPS) is 12.1. The van der Waals surface area contributed by atoms with Crippen LogP contribution in [0.1, 0.15) is 406 Å². The molecule has 0 aliphatic rings. The minimum Gasteiger partial charge on any atom is -0.462 e. The van der Waals surface area contributed by atoms with Gasteiger partial charge in [-0.2, -0.15) is 0 Å². The van der Waals surface area contributed by atoms with E-state index < -0.39 is 6.10 Å². The minimum absolute atomic E-state index is 0.0654. The summed E-state index contributed by atoms with van der Waals surface area (Å²) in [5, 5.41) is 0. The molecule has 0 aliphatic carbocycles. The summed E-state index contributed by atoms with van der Waals surface area (Å²) in [7, 11) is 0. The zero-order valence-electron chi connectivity index (χ0n) is 53.7. The molecule has 0 saturated heterocycles. The molecule has 0 amide bonds. The van der Waals surface area contributed by atoms with E-state index in [1.807, 2.05) is 0 Å². The van der Waals surface area contributed by atoms with Crippen molar-refractivity contribution < 1.29 is 28.6 Å². The third-order valence-corrected chi connectivity index (χ3v) is 16.4. The Hall–Kier alpha value is -2.11. The van der Waals surface area contributed by atoms with Crippen molar-refractivity contribution in [1.29, 1.82) is 0 Å². The number of rotatable bonds is 67. The highest BCUT2D eigenvalue weighted by Crippen LogP contribution is 2.19. The number of unbranched alkanes of at least 4 members (excludes halogenated alkanes) is 52. The lowest BCUT2D eigenvalue weighted by molar-refractivity contribution is -0.167. The first-order chi connectivity index (χ1) is 39.0. The largest absolute Gasteiger partial charge is 0.462 e. The smallest absolute Gasteiger partial charge is 0.306 e. The summed E-state index contributed by atoms with van der Waals surface area (Å²) in [6.45, 7) is 6.67. The van der Waals surface area contributed by atoms with Gasteiger partial charge in [0.25, 0.3) is 0 Å². The number of ether oxygens (including phenoxy) is 3. The lowest BCUT2D eigenvalue weighted by Crippen LogP contribution is -2.30. The zero-order chi connectivity index (χ0) is 57.1. The average Bonchev–Trinajstić information content (AvgIpc) is 3.45. The van der Waals surface area contributed by atoms with Gasteiger partial charge in [-0.05, 0) is 70.6 Å². The number of allylic oxidation sites excluding steroid dienone is 4. The van der Waals surface area contributed by atoms with E-state index in [1.165, 1.54) is 308 Å². The Morgan fingerprint density at radius 2 is 0.418 bits per heavy atom. The van der Waals surface area contributed by atoms with Gasteiger partial charge in [0.2, 0.25) is 0 Å². The van der Waals surface area contributed by atoms with Crippen molar-refractivity contribution in [2.24, 2.45) is 0 Å². The Labute approximate surface area is 493 Å². The van der Waals surface area contributed by atoms with Gasteiger partial charge in [0.1, 0.15) is 13.2 Å². The SMILES string of the molecule is CCCCCCCCCC/C=C\CCCCCCCCCCCCCCCCCCCC(=O)OCC(COC(=O)CCCCCCCCC)OC(=O)CCCCCCCCCCCCCCC/C=C\CCCCCCCCCC. The van der Waals surface area contributed by atoms with E-state index >= 15 is 0 Å². The fourth-order valence-electron chi connectivity index (χ4n) is 11.0. The maximum atomic E-state index is 12.9. The van der Waals surface area contributed by atoms with Crippen LogP contribution in [0.4, 0.5) is 0 Å². The van der Waals surface area contributed by atoms with Crippen LogP contribution in [0.2, 0.25) is 0 Å². The molecule has 0 radical (unpaired) electrons. The topological polar surface area (TPSA) is 78.9 Å². The van der Waals surface area contributed by atoms with Crippen LogP contribution in [-0.4, -0.2) is 37.2 Å². The number of carbonyl (C=O) groups excluding carboxylic acids is 3. The molecule has 79 heavy (non-hydrogen) atoms. The van der Waals surface area contributed by atoms with Crippen LogP contribution in [-0.2, 0) is 28.6 Å². The Morgan fingerprint density at radius 1 is 0.241 bits per heavy atom. The van der Waals surface area contributed by atoms with Crippen LogP contribution in [0.15, 0.2) is 24.3 Å². The predicted molar refractivity (Wildman–Crippen MR) is 344 cm³/mol. The summed E-state index contributed by atoms with van der Waals surface area (Å²) in [6, 6.07) is 0. The summed E-state index contributed by atoms with van der Waals surface area (Å²) in [5.74, 6) is -0.844. The van der Waals surface area contributed by atoms with Gasteiger partial charge in [-0.3, -0.25) is 14.4 Å². The van der Waals surface area contributed by atoms with Gasteiger partial charge < -0.3 is 14.2 Å².